The minimum atomic E-state index is 0.542. The van der Waals surface area contributed by atoms with Crippen LogP contribution in [0.5, 0.6) is 28.7 Å². The van der Waals surface area contributed by atoms with Crippen LogP contribution < -0.4 is 23.7 Å². The first-order valence-electron chi connectivity index (χ1n) is 13.6. The number of methoxy groups -OCH3 is 4. The summed E-state index contributed by atoms with van der Waals surface area (Å²) in [5.74, 6) is 3.33. The van der Waals surface area contributed by atoms with Crippen molar-refractivity contribution in [2.45, 2.75) is 19.3 Å². The molecule has 5 rings (SSSR count). The van der Waals surface area contributed by atoms with Crippen LogP contribution in [-0.4, -0.2) is 69.4 Å². The summed E-state index contributed by atoms with van der Waals surface area (Å²) in [7, 11) is 6.48. The maximum absolute atomic E-state index is 6.04. The number of rotatable bonds is 11. The van der Waals surface area contributed by atoms with Crippen molar-refractivity contribution in [1.29, 1.82) is 0 Å². The van der Waals surface area contributed by atoms with Crippen LogP contribution in [0, 0.1) is 0 Å². The molecule has 1 aromatic heterocycles. The summed E-state index contributed by atoms with van der Waals surface area (Å²) >= 11 is 0. The van der Waals surface area contributed by atoms with Crippen molar-refractivity contribution >= 4 is 0 Å². The highest BCUT2D eigenvalue weighted by Gasteiger charge is 2.19. The zero-order valence-electron chi connectivity index (χ0n) is 23.7. The Balaban J connectivity index is 1.46. The fourth-order valence-corrected chi connectivity index (χ4v) is 5.07. The van der Waals surface area contributed by atoms with Gasteiger partial charge in [0.1, 0.15) is 18.1 Å². The quantitative estimate of drug-likeness (QED) is 0.226. The number of hydrogen-bond donors (Lipinski definition) is 0. The Bertz CT molecular complexity index is 1370. The summed E-state index contributed by atoms with van der Waals surface area (Å²) in [4.78, 5) is 2.48. The smallest absolute Gasteiger partial charge is 0.203 e. The molecule has 210 valence electrons. The molecule has 8 heteroatoms. The van der Waals surface area contributed by atoms with Crippen LogP contribution in [0.25, 0.3) is 28.2 Å². The lowest BCUT2D eigenvalue weighted by molar-refractivity contribution is 0.183. The molecule has 0 amide bonds. The van der Waals surface area contributed by atoms with Crippen LogP contribution in [0.4, 0.5) is 0 Å². The van der Waals surface area contributed by atoms with E-state index in [9.17, 15) is 0 Å². The van der Waals surface area contributed by atoms with E-state index in [4.69, 9.17) is 28.8 Å². The van der Waals surface area contributed by atoms with Crippen LogP contribution >= 0.6 is 0 Å². The van der Waals surface area contributed by atoms with Gasteiger partial charge in [-0.25, -0.2) is 4.68 Å². The number of hydrogen-bond acceptors (Lipinski definition) is 7. The van der Waals surface area contributed by atoms with Gasteiger partial charge in [-0.3, -0.25) is 4.90 Å². The van der Waals surface area contributed by atoms with Gasteiger partial charge in [0.15, 0.2) is 11.5 Å². The Hall–Kier alpha value is -4.17. The minimum absolute atomic E-state index is 0.542. The predicted molar refractivity (Wildman–Crippen MR) is 156 cm³/mol. The number of piperidine rings is 1. The van der Waals surface area contributed by atoms with Crippen LogP contribution in [0.1, 0.15) is 19.3 Å². The fourth-order valence-electron chi connectivity index (χ4n) is 5.07. The van der Waals surface area contributed by atoms with E-state index < -0.39 is 0 Å². The second kappa shape index (κ2) is 12.8. The molecule has 1 aliphatic heterocycles. The van der Waals surface area contributed by atoms with Gasteiger partial charge >= 0.3 is 0 Å². The normalized spacial score (nSPS) is 13.6. The molecule has 0 saturated carbocycles. The zero-order valence-corrected chi connectivity index (χ0v) is 23.7. The third-order valence-corrected chi connectivity index (χ3v) is 7.26. The average molecular weight is 544 g/mol. The largest absolute Gasteiger partial charge is 0.497 e. The first-order valence-corrected chi connectivity index (χ1v) is 13.6. The van der Waals surface area contributed by atoms with Crippen molar-refractivity contribution in [3.05, 3.63) is 66.7 Å². The van der Waals surface area contributed by atoms with Crippen molar-refractivity contribution < 1.29 is 23.7 Å². The third-order valence-electron chi connectivity index (χ3n) is 7.26. The standard InChI is InChI=1S/C32H37N3O5/c1-36-26-14-10-25(11-15-26)35-29(24-20-30(37-2)32(39-4)31(21-24)38-3)22-28(33-35)23-8-12-27(13-9-23)40-19-18-34-16-6-5-7-17-34/h8-15,20-22H,5-7,16-19H2,1-4H3. The molecule has 1 aliphatic rings. The first kappa shape index (κ1) is 27.4. The molecule has 3 aromatic carbocycles. The fraction of sp³-hybridized carbons (Fsp3) is 0.344. The van der Waals surface area contributed by atoms with Crippen molar-refractivity contribution in [2.75, 3.05) is 54.7 Å². The molecule has 0 N–H and O–H groups in total. The Kier molecular flexibility index (Phi) is 8.76. The second-order valence-corrected chi connectivity index (χ2v) is 9.71. The topological polar surface area (TPSA) is 67.2 Å². The first-order chi connectivity index (χ1) is 19.6. The molecule has 0 unspecified atom stereocenters. The zero-order chi connectivity index (χ0) is 27.9. The summed E-state index contributed by atoms with van der Waals surface area (Å²) in [6, 6.07) is 21.9. The number of ether oxygens (including phenoxy) is 5. The molecular formula is C32H37N3O5. The van der Waals surface area contributed by atoms with Gasteiger partial charge in [-0.05, 0) is 92.7 Å². The van der Waals surface area contributed by atoms with Crippen molar-refractivity contribution in [1.82, 2.24) is 14.7 Å². The molecule has 1 saturated heterocycles. The number of likely N-dealkylation sites (tertiary alicyclic amines) is 1. The third kappa shape index (κ3) is 6.02. The molecule has 0 atom stereocenters. The van der Waals surface area contributed by atoms with Gasteiger partial charge < -0.3 is 23.7 Å². The van der Waals surface area contributed by atoms with E-state index in [2.05, 4.69) is 23.1 Å². The van der Waals surface area contributed by atoms with E-state index in [1.165, 1.54) is 32.4 Å². The summed E-state index contributed by atoms with van der Waals surface area (Å²) in [5.41, 5.74) is 4.47. The van der Waals surface area contributed by atoms with Gasteiger partial charge in [0.2, 0.25) is 5.75 Å². The van der Waals surface area contributed by atoms with E-state index in [1.54, 1.807) is 28.4 Å². The van der Waals surface area contributed by atoms with E-state index in [1.807, 2.05) is 53.2 Å². The SMILES string of the molecule is COc1ccc(-n2nc(-c3ccc(OCCN4CCCCC4)cc3)cc2-c2cc(OC)c(OC)c(OC)c2)cc1. The number of nitrogens with zero attached hydrogens (tertiary/aromatic N) is 3. The maximum Gasteiger partial charge on any atom is 0.203 e. The lowest BCUT2D eigenvalue weighted by atomic mass is 10.1. The highest BCUT2D eigenvalue weighted by atomic mass is 16.5. The number of aromatic nitrogens is 2. The van der Waals surface area contributed by atoms with Gasteiger partial charge in [0.05, 0.1) is 45.5 Å². The monoisotopic (exact) mass is 543 g/mol. The van der Waals surface area contributed by atoms with Gasteiger partial charge in [-0.2, -0.15) is 5.10 Å². The predicted octanol–water partition coefficient (Wildman–Crippen LogP) is 6.11. The second-order valence-electron chi connectivity index (χ2n) is 9.71. The van der Waals surface area contributed by atoms with Crippen LogP contribution in [0.3, 0.4) is 0 Å². The summed E-state index contributed by atoms with van der Waals surface area (Å²) in [6.07, 6.45) is 3.92. The molecule has 8 nitrogen and oxygen atoms in total. The Morgan fingerprint density at radius 1 is 0.675 bits per heavy atom. The molecule has 4 aromatic rings. The lowest BCUT2D eigenvalue weighted by Gasteiger charge is -2.26. The minimum Gasteiger partial charge on any atom is -0.497 e. The van der Waals surface area contributed by atoms with E-state index >= 15 is 0 Å². The van der Waals surface area contributed by atoms with Gasteiger partial charge in [-0.1, -0.05) is 6.42 Å². The summed E-state index contributed by atoms with van der Waals surface area (Å²) in [6.45, 7) is 4.00. The van der Waals surface area contributed by atoms with Crippen molar-refractivity contribution in [3.8, 4) is 56.9 Å². The summed E-state index contributed by atoms with van der Waals surface area (Å²) < 4.78 is 30.1. The summed E-state index contributed by atoms with van der Waals surface area (Å²) in [5, 5.41) is 5.00. The molecule has 1 fully saturated rings. The Morgan fingerprint density at radius 2 is 1.32 bits per heavy atom. The average Bonchev–Trinajstić information content (AvgIpc) is 3.47. The lowest BCUT2D eigenvalue weighted by Crippen LogP contribution is -2.33. The molecule has 40 heavy (non-hydrogen) atoms. The van der Waals surface area contributed by atoms with Crippen LogP contribution in [0.2, 0.25) is 0 Å². The molecule has 0 bridgehead atoms. The van der Waals surface area contributed by atoms with Crippen LogP contribution in [0.15, 0.2) is 66.7 Å². The molecule has 0 radical (unpaired) electrons. The highest BCUT2D eigenvalue weighted by molar-refractivity contribution is 5.74. The molecule has 0 spiro atoms. The number of benzene rings is 3. The maximum atomic E-state index is 6.04. The van der Waals surface area contributed by atoms with Crippen molar-refractivity contribution in [2.24, 2.45) is 0 Å². The van der Waals surface area contributed by atoms with Gasteiger partial charge in [-0.15, -0.1) is 0 Å². The molecular weight excluding hydrogens is 506 g/mol. The Morgan fingerprint density at radius 3 is 1.93 bits per heavy atom. The van der Waals surface area contributed by atoms with Crippen molar-refractivity contribution in [3.63, 3.8) is 0 Å². The van der Waals surface area contributed by atoms with Gasteiger partial charge in [0.25, 0.3) is 0 Å². The van der Waals surface area contributed by atoms with Crippen LogP contribution in [-0.2, 0) is 0 Å². The molecule has 0 aliphatic carbocycles. The van der Waals surface area contributed by atoms with Gasteiger partial charge in [0, 0.05) is 17.7 Å². The van der Waals surface area contributed by atoms with E-state index in [0.717, 1.165) is 46.2 Å². The van der Waals surface area contributed by atoms with E-state index in [-0.39, 0.29) is 0 Å². The Labute approximate surface area is 236 Å². The highest BCUT2D eigenvalue weighted by Crippen LogP contribution is 2.42. The van der Waals surface area contributed by atoms with E-state index in [0.29, 0.717) is 23.9 Å². The molecule has 2 heterocycles.